The van der Waals surface area contributed by atoms with Crippen LogP contribution >= 0.6 is 0 Å². The van der Waals surface area contributed by atoms with Crippen LogP contribution in [0.4, 0.5) is 5.69 Å². The van der Waals surface area contributed by atoms with Gasteiger partial charge in [0.15, 0.2) is 5.76 Å². The summed E-state index contributed by atoms with van der Waals surface area (Å²) in [7, 11) is 0. The topological polar surface area (TPSA) is 109 Å². The lowest BCUT2D eigenvalue weighted by Crippen LogP contribution is -2.29. The predicted molar refractivity (Wildman–Crippen MR) is 112 cm³/mol. The van der Waals surface area contributed by atoms with Crippen LogP contribution in [-0.2, 0) is 6.42 Å². The molecule has 0 radical (unpaired) electrons. The summed E-state index contributed by atoms with van der Waals surface area (Å²) in [6, 6.07) is 12.7. The Morgan fingerprint density at radius 3 is 2.67 bits per heavy atom. The van der Waals surface area contributed by atoms with Crippen molar-refractivity contribution in [2.24, 2.45) is 5.10 Å². The van der Waals surface area contributed by atoms with E-state index in [1.807, 2.05) is 37.3 Å². The van der Waals surface area contributed by atoms with Crippen LogP contribution in [0.15, 0.2) is 64.4 Å². The first-order valence-electron chi connectivity index (χ1n) is 9.64. The fourth-order valence-corrected chi connectivity index (χ4v) is 3.38. The molecule has 1 aromatic carbocycles. The van der Waals surface area contributed by atoms with E-state index >= 15 is 0 Å². The standard InChI is InChI=1S/C22H21N5O3/c1-14-19-17(25-26-21(28)15-7-6-12-23-13-15)10-5-11-18(19)30-20(14)22(29)27-24-16-8-3-2-4-9-16/h2-4,6-9,12-13,24H,5,10-11H2,1H3,(H,26,28)(H,27,29)/b25-17+. The van der Waals surface area contributed by atoms with E-state index in [1.54, 1.807) is 18.3 Å². The van der Waals surface area contributed by atoms with Crippen molar-refractivity contribution in [3.63, 3.8) is 0 Å². The quantitative estimate of drug-likeness (QED) is 0.567. The number of anilines is 1. The van der Waals surface area contributed by atoms with Crippen LogP contribution in [0.1, 0.15) is 50.6 Å². The first kappa shape index (κ1) is 19.4. The van der Waals surface area contributed by atoms with Gasteiger partial charge in [-0.1, -0.05) is 18.2 Å². The zero-order chi connectivity index (χ0) is 20.9. The van der Waals surface area contributed by atoms with Gasteiger partial charge < -0.3 is 4.42 Å². The number of furan rings is 1. The molecule has 30 heavy (non-hydrogen) atoms. The summed E-state index contributed by atoms with van der Waals surface area (Å²) < 4.78 is 5.85. The number of carbonyl (C=O) groups is 2. The summed E-state index contributed by atoms with van der Waals surface area (Å²) in [5.74, 6) is 0.230. The Morgan fingerprint density at radius 1 is 1.07 bits per heavy atom. The fourth-order valence-electron chi connectivity index (χ4n) is 3.38. The Morgan fingerprint density at radius 2 is 1.90 bits per heavy atom. The molecule has 2 aromatic heterocycles. The maximum Gasteiger partial charge on any atom is 0.305 e. The van der Waals surface area contributed by atoms with Crippen LogP contribution in [0, 0.1) is 6.92 Å². The Hall–Kier alpha value is -3.94. The molecule has 3 aromatic rings. The second-order valence-corrected chi connectivity index (χ2v) is 6.89. The average molecular weight is 403 g/mol. The Balaban J connectivity index is 1.51. The average Bonchev–Trinajstić information content (AvgIpc) is 3.14. The van der Waals surface area contributed by atoms with E-state index in [1.165, 1.54) is 6.20 Å². The molecule has 1 aliphatic rings. The van der Waals surface area contributed by atoms with E-state index in [-0.39, 0.29) is 17.6 Å². The number of aromatic nitrogens is 1. The number of hydrazone groups is 1. The number of amides is 2. The molecule has 2 amide bonds. The van der Waals surface area contributed by atoms with E-state index in [9.17, 15) is 9.59 Å². The van der Waals surface area contributed by atoms with Gasteiger partial charge in [-0.2, -0.15) is 5.10 Å². The summed E-state index contributed by atoms with van der Waals surface area (Å²) in [5.41, 5.74) is 11.5. The third kappa shape index (κ3) is 4.07. The molecule has 152 valence electrons. The van der Waals surface area contributed by atoms with Gasteiger partial charge in [0.1, 0.15) is 5.76 Å². The minimum atomic E-state index is -0.371. The number of hydrogen-bond acceptors (Lipinski definition) is 6. The molecule has 0 unspecified atom stereocenters. The van der Waals surface area contributed by atoms with E-state index in [0.717, 1.165) is 17.7 Å². The van der Waals surface area contributed by atoms with Gasteiger partial charge >= 0.3 is 5.91 Å². The van der Waals surface area contributed by atoms with Crippen LogP contribution in [0.2, 0.25) is 0 Å². The smallest absolute Gasteiger partial charge is 0.305 e. The van der Waals surface area contributed by atoms with Gasteiger partial charge in [-0.05, 0) is 44.0 Å². The predicted octanol–water partition coefficient (Wildman–Crippen LogP) is 3.21. The highest BCUT2D eigenvalue weighted by Gasteiger charge is 2.28. The lowest BCUT2D eigenvalue weighted by Gasteiger charge is -2.13. The minimum absolute atomic E-state index is 0.233. The number of nitrogens with zero attached hydrogens (tertiary/aromatic N) is 2. The summed E-state index contributed by atoms with van der Waals surface area (Å²) in [6.45, 7) is 1.82. The lowest BCUT2D eigenvalue weighted by molar-refractivity contribution is 0.0930. The van der Waals surface area contributed by atoms with Crippen molar-refractivity contribution < 1.29 is 14.0 Å². The van der Waals surface area contributed by atoms with Crippen LogP contribution in [0.25, 0.3) is 0 Å². The van der Waals surface area contributed by atoms with Crippen LogP contribution in [0.3, 0.4) is 0 Å². The van der Waals surface area contributed by atoms with Crippen LogP contribution in [-0.4, -0.2) is 22.5 Å². The Bertz CT molecular complexity index is 1090. The fraction of sp³-hybridized carbons (Fsp3) is 0.182. The summed E-state index contributed by atoms with van der Waals surface area (Å²) >= 11 is 0. The Kier molecular flexibility index (Phi) is 5.56. The van der Waals surface area contributed by atoms with Crippen LogP contribution in [0.5, 0.6) is 0 Å². The molecule has 0 atom stereocenters. The number of carbonyl (C=O) groups excluding carboxylic acids is 2. The maximum atomic E-state index is 12.6. The van der Waals surface area contributed by atoms with Crippen molar-refractivity contribution in [3.8, 4) is 0 Å². The number of fused-ring (bicyclic) bond motifs is 1. The first-order chi connectivity index (χ1) is 14.6. The SMILES string of the molecule is Cc1c(C(=O)NNc2ccccc2)oc2c1/C(=N/NC(=O)c1cccnc1)CCC2. The van der Waals surface area contributed by atoms with Gasteiger partial charge in [0, 0.05) is 29.9 Å². The number of rotatable bonds is 5. The van der Waals surface area contributed by atoms with Gasteiger partial charge in [-0.3, -0.25) is 25.4 Å². The number of pyridine rings is 1. The maximum absolute atomic E-state index is 12.6. The molecular weight excluding hydrogens is 382 g/mol. The highest BCUT2D eigenvalue weighted by molar-refractivity contribution is 6.07. The molecule has 0 saturated heterocycles. The van der Waals surface area contributed by atoms with E-state index in [0.29, 0.717) is 35.4 Å². The molecule has 0 saturated carbocycles. The van der Waals surface area contributed by atoms with Crippen LogP contribution < -0.4 is 16.3 Å². The highest BCUT2D eigenvalue weighted by Crippen LogP contribution is 2.29. The molecule has 0 fully saturated rings. The molecule has 4 rings (SSSR count). The van der Waals surface area contributed by atoms with Crippen molar-refractivity contribution in [1.29, 1.82) is 0 Å². The highest BCUT2D eigenvalue weighted by atomic mass is 16.4. The lowest BCUT2D eigenvalue weighted by atomic mass is 9.93. The molecular formula is C22H21N5O3. The van der Waals surface area contributed by atoms with E-state index < -0.39 is 0 Å². The normalized spacial score (nSPS) is 14.1. The number of aryl methyl sites for hydroxylation is 1. The largest absolute Gasteiger partial charge is 0.455 e. The molecule has 0 aliphatic heterocycles. The molecule has 2 heterocycles. The van der Waals surface area contributed by atoms with Crippen molar-refractivity contribution in [1.82, 2.24) is 15.8 Å². The monoisotopic (exact) mass is 403 g/mol. The number of hydrogen-bond donors (Lipinski definition) is 3. The van der Waals surface area contributed by atoms with Gasteiger partial charge in [0.2, 0.25) is 0 Å². The number of nitrogens with one attached hydrogen (secondary N) is 3. The third-order valence-corrected chi connectivity index (χ3v) is 4.84. The first-order valence-corrected chi connectivity index (χ1v) is 9.64. The molecule has 0 spiro atoms. The summed E-state index contributed by atoms with van der Waals surface area (Å²) in [6.07, 6.45) is 5.30. The molecule has 8 nitrogen and oxygen atoms in total. The van der Waals surface area contributed by atoms with Gasteiger partial charge in [0.05, 0.1) is 17.0 Å². The van der Waals surface area contributed by atoms with Crippen molar-refractivity contribution in [2.75, 3.05) is 5.43 Å². The number of para-hydroxylation sites is 1. The van der Waals surface area contributed by atoms with Gasteiger partial charge in [0.25, 0.3) is 5.91 Å². The summed E-state index contributed by atoms with van der Waals surface area (Å²) in [4.78, 5) is 28.8. The van der Waals surface area contributed by atoms with E-state index in [2.05, 4.69) is 26.4 Å². The second-order valence-electron chi connectivity index (χ2n) is 6.89. The van der Waals surface area contributed by atoms with Gasteiger partial charge in [-0.25, -0.2) is 5.43 Å². The zero-order valence-electron chi connectivity index (χ0n) is 16.4. The number of hydrazine groups is 1. The van der Waals surface area contributed by atoms with Crippen molar-refractivity contribution in [2.45, 2.75) is 26.2 Å². The van der Waals surface area contributed by atoms with Gasteiger partial charge in [-0.15, -0.1) is 0 Å². The van der Waals surface area contributed by atoms with E-state index in [4.69, 9.17) is 4.42 Å². The molecule has 0 bridgehead atoms. The van der Waals surface area contributed by atoms with Crippen molar-refractivity contribution in [3.05, 3.63) is 83.1 Å². The molecule has 3 N–H and O–H groups in total. The minimum Gasteiger partial charge on any atom is -0.455 e. The zero-order valence-corrected chi connectivity index (χ0v) is 16.4. The second kappa shape index (κ2) is 8.60. The molecule has 1 aliphatic carbocycles. The van der Waals surface area contributed by atoms with Crippen molar-refractivity contribution >= 4 is 23.2 Å². The third-order valence-electron chi connectivity index (χ3n) is 4.84. The molecule has 8 heteroatoms. The Labute approximate surface area is 173 Å². The summed E-state index contributed by atoms with van der Waals surface area (Å²) in [5, 5.41) is 4.31. The number of benzene rings is 1.